The Morgan fingerprint density at radius 1 is 1.57 bits per heavy atom. The monoisotopic (exact) mass is 197 g/mol. The summed E-state index contributed by atoms with van der Waals surface area (Å²) in [5.41, 5.74) is -0.435. The van der Waals surface area contributed by atoms with Crippen LogP contribution >= 0.6 is 0 Å². The van der Waals surface area contributed by atoms with Gasteiger partial charge in [-0.3, -0.25) is 4.90 Å². The molecule has 1 saturated heterocycles. The molecule has 1 fully saturated rings. The van der Waals surface area contributed by atoms with E-state index in [-0.39, 0.29) is 12.1 Å². The van der Waals surface area contributed by atoms with Crippen LogP contribution in [0.2, 0.25) is 0 Å². The zero-order valence-electron chi connectivity index (χ0n) is 8.99. The largest absolute Gasteiger partial charge is 0.444 e. The van der Waals surface area contributed by atoms with E-state index >= 15 is 0 Å². The maximum atomic E-state index is 11.5. The number of likely N-dealkylation sites (tertiary alicyclic amines) is 1. The first kappa shape index (κ1) is 10.8. The van der Waals surface area contributed by atoms with Gasteiger partial charge in [0.25, 0.3) is 12.6 Å². The van der Waals surface area contributed by atoms with E-state index in [0.29, 0.717) is 13.1 Å². The summed E-state index contributed by atoms with van der Waals surface area (Å²) in [6, 6.07) is 0.0718. The van der Waals surface area contributed by atoms with Crippen LogP contribution < -0.4 is 0 Å². The van der Waals surface area contributed by atoms with Gasteiger partial charge in [-0.15, -0.1) is 0 Å². The molecule has 1 aliphatic heterocycles. The maximum absolute atomic E-state index is 11.5. The molecule has 0 aromatic rings. The fraction of sp³-hybridized carbons (Fsp3) is 0.800. The molecule has 1 amide bonds. The Balaban J connectivity index is 2.45. The van der Waals surface area contributed by atoms with E-state index in [0.717, 1.165) is 6.42 Å². The second kappa shape index (κ2) is 3.87. The van der Waals surface area contributed by atoms with Gasteiger partial charge in [0.15, 0.2) is 0 Å². The second-order valence-electron chi connectivity index (χ2n) is 4.52. The molecule has 0 aromatic carbocycles. The number of rotatable bonds is 0. The average Bonchev–Trinajstić information content (AvgIpc) is 2.48. The fourth-order valence-corrected chi connectivity index (χ4v) is 1.36. The minimum absolute atomic E-state index is 0.0718. The molecule has 1 aliphatic rings. The van der Waals surface area contributed by atoms with Gasteiger partial charge >= 0.3 is 6.09 Å². The first-order valence-electron chi connectivity index (χ1n) is 4.80. The summed E-state index contributed by atoms with van der Waals surface area (Å²) in [6.07, 6.45) is 0.555. The summed E-state index contributed by atoms with van der Waals surface area (Å²) in [7, 11) is 0. The normalized spacial score (nSPS) is 21.9. The van der Waals surface area contributed by atoms with E-state index in [4.69, 9.17) is 11.3 Å². The summed E-state index contributed by atoms with van der Waals surface area (Å²) >= 11 is 0. The highest BCUT2D eigenvalue weighted by Crippen LogP contribution is 2.16. The maximum Gasteiger partial charge on any atom is 0.410 e. The zero-order valence-corrected chi connectivity index (χ0v) is 8.99. The summed E-state index contributed by atoms with van der Waals surface area (Å²) < 4.78 is 5.22. The van der Waals surface area contributed by atoms with Crippen molar-refractivity contribution >= 4 is 6.09 Å². The van der Waals surface area contributed by atoms with Gasteiger partial charge in [-0.05, 0) is 20.8 Å². The highest BCUT2D eigenvalue weighted by molar-refractivity contribution is 5.68. The van der Waals surface area contributed by atoms with Crippen molar-refractivity contribution in [3.05, 3.63) is 4.85 Å². The molecular weight excluding hydrogens is 180 g/mol. The lowest BCUT2D eigenvalue weighted by Crippen LogP contribution is -2.35. The van der Waals surface area contributed by atoms with Crippen LogP contribution in [0, 0.1) is 6.57 Å². The molecule has 78 valence electrons. The summed E-state index contributed by atoms with van der Waals surface area (Å²) in [5.74, 6) is 0. The third-order valence-corrected chi connectivity index (χ3v) is 2.03. The molecule has 1 atom stereocenters. The van der Waals surface area contributed by atoms with Crippen LogP contribution in [0.3, 0.4) is 0 Å². The van der Waals surface area contributed by atoms with Crippen molar-refractivity contribution in [2.24, 2.45) is 0 Å². The molecular formula is C10H17N2O2+. The molecule has 0 aliphatic carbocycles. The van der Waals surface area contributed by atoms with Crippen LogP contribution in [0.25, 0.3) is 4.85 Å². The zero-order chi connectivity index (χ0) is 10.8. The van der Waals surface area contributed by atoms with Crippen LogP contribution in [-0.4, -0.2) is 35.7 Å². The molecule has 0 bridgehead atoms. The van der Waals surface area contributed by atoms with Crippen LogP contribution in [0.1, 0.15) is 27.2 Å². The Morgan fingerprint density at radius 2 is 2.21 bits per heavy atom. The number of hydrogen-bond acceptors (Lipinski definition) is 2. The van der Waals surface area contributed by atoms with Gasteiger partial charge in [0.05, 0.1) is 0 Å². The Bertz CT molecular complexity index is 262. The standard InChI is InChI=1S/C10H17N2O2/c1-10(2,3)14-9(13)12-6-5-8(7-12)11-4/h4,8H,5-7H2,1-3H3/q+1. The van der Waals surface area contributed by atoms with Crippen molar-refractivity contribution in [2.45, 2.75) is 38.8 Å². The molecule has 0 N–H and O–H groups in total. The lowest BCUT2D eigenvalue weighted by molar-refractivity contribution is 0.0294. The average molecular weight is 197 g/mol. The minimum Gasteiger partial charge on any atom is -0.444 e. The number of carbonyl (C=O) groups is 1. The summed E-state index contributed by atoms with van der Waals surface area (Å²) in [5, 5.41) is 0. The third kappa shape index (κ3) is 2.91. The number of hydrogen-bond donors (Lipinski definition) is 0. The van der Waals surface area contributed by atoms with E-state index in [1.807, 2.05) is 20.8 Å². The predicted molar refractivity (Wildman–Crippen MR) is 54.5 cm³/mol. The first-order valence-corrected chi connectivity index (χ1v) is 4.80. The van der Waals surface area contributed by atoms with Gasteiger partial charge in [0, 0.05) is 13.0 Å². The fourth-order valence-electron chi connectivity index (χ4n) is 1.36. The lowest BCUT2D eigenvalue weighted by Gasteiger charge is -2.23. The van der Waals surface area contributed by atoms with Crippen molar-refractivity contribution in [3.8, 4) is 6.57 Å². The molecule has 1 rings (SSSR count). The quantitative estimate of drug-likeness (QED) is 0.595. The van der Waals surface area contributed by atoms with Crippen molar-refractivity contribution in [2.75, 3.05) is 13.1 Å². The molecule has 1 unspecified atom stereocenters. The first-order chi connectivity index (χ1) is 6.42. The smallest absolute Gasteiger partial charge is 0.410 e. The van der Waals surface area contributed by atoms with Gasteiger partial charge in [-0.2, -0.15) is 0 Å². The number of ether oxygens (including phenoxy) is 1. The number of amides is 1. The lowest BCUT2D eigenvalue weighted by atomic mass is 10.2. The molecule has 0 spiro atoms. The van der Waals surface area contributed by atoms with E-state index in [9.17, 15) is 4.79 Å². The topological polar surface area (TPSA) is 33.9 Å². The highest BCUT2D eigenvalue weighted by Gasteiger charge is 2.34. The van der Waals surface area contributed by atoms with Gasteiger partial charge in [0.1, 0.15) is 12.1 Å². The molecule has 0 aromatic heterocycles. The Morgan fingerprint density at radius 3 is 2.64 bits per heavy atom. The molecule has 4 heteroatoms. The van der Waals surface area contributed by atoms with Gasteiger partial charge in [-0.25, -0.2) is 4.79 Å². The molecule has 0 saturated carbocycles. The number of nitrogens with zero attached hydrogens (tertiary/aromatic N) is 2. The van der Waals surface area contributed by atoms with E-state index in [1.165, 1.54) is 0 Å². The summed E-state index contributed by atoms with van der Waals surface area (Å²) in [6.45, 7) is 12.0. The molecule has 14 heavy (non-hydrogen) atoms. The van der Waals surface area contributed by atoms with Gasteiger partial charge in [-0.1, -0.05) is 4.85 Å². The van der Waals surface area contributed by atoms with Crippen molar-refractivity contribution in [3.63, 3.8) is 0 Å². The Hall–Kier alpha value is -1.24. The van der Waals surface area contributed by atoms with Crippen molar-refractivity contribution < 1.29 is 9.53 Å². The van der Waals surface area contributed by atoms with Gasteiger partial charge in [0.2, 0.25) is 0 Å². The number of carbonyl (C=O) groups excluding carboxylic acids is 1. The second-order valence-corrected chi connectivity index (χ2v) is 4.52. The minimum atomic E-state index is -0.435. The van der Waals surface area contributed by atoms with Crippen molar-refractivity contribution in [1.82, 2.24) is 4.90 Å². The van der Waals surface area contributed by atoms with Crippen LogP contribution in [0.5, 0.6) is 0 Å². The summed E-state index contributed by atoms with van der Waals surface area (Å²) in [4.78, 5) is 16.9. The van der Waals surface area contributed by atoms with E-state index < -0.39 is 5.60 Å². The highest BCUT2D eigenvalue weighted by atomic mass is 16.6. The van der Waals surface area contributed by atoms with Crippen LogP contribution in [-0.2, 0) is 4.74 Å². The SMILES string of the molecule is C#[N+]C1CCN(C(=O)OC(C)(C)C)C1. The predicted octanol–water partition coefficient (Wildman–Crippen LogP) is 1.96. The Kier molecular flexibility index (Phi) is 3.00. The van der Waals surface area contributed by atoms with E-state index in [1.54, 1.807) is 4.90 Å². The van der Waals surface area contributed by atoms with Gasteiger partial charge < -0.3 is 4.74 Å². The molecule has 4 nitrogen and oxygen atoms in total. The molecule has 1 heterocycles. The van der Waals surface area contributed by atoms with Crippen LogP contribution in [0.4, 0.5) is 4.79 Å². The van der Waals surface area contributed by atoms with E-state index in [2.05, 4.69) is 4.85 Å². The van der Waals surface area contributed by atoms with Crippen molar-refractivity contribution in [1.29, 1.82) is 0 Å². The Labute approximate surface area is 84.7 Å². The van der Waals surface area contributed by atoms with Crippen LogP contribution in [0.15, 0.2) is 0 Å². The third-order valence-electron chi connectivity index (χ3n) is 2.03. The molecule has 0 radical (unpaired) electrons.